The molecule has 0 aliphatic rings. The summed E-state index contributed by atoms with van der Waals surface area (Å²) < 4.78 is 0. The normalized spacial score (nSPS) is 8.60. The van der Waals surface area contributed by atoms with E-state index in [1.165, 1.54) is 6.33 Å². The zero-order valence-corrected chi connectivity index (χ0v) is 8.63. The lowest BCUT2D eigenvalue weighted by Crippen LogP contribution is -1.84. The highest BCUT2D eigenvalue weighted by molar-refractivity contribution is 6.67. The van der Waals surface area contributed by atoms with Crippen molar-refractivity contribution >= 4 is 16.8 Å². The number of carbonyl (C=O) groups is 1. The van der Waals surface area contributed by atoms with Gasteiger partial charge in [-0.25, -0.2) is 9.97 Å². The number of hydrogen-bond donors (Lipinski definition) is 0. The van der Waals surface area contributed by atoms with E-state index < -0.39 is 5.24 Å². The number of halogens is 1. The summed E-state index contributed by atoms with van der Waals surface area (Å²) in [5, 5.41) is -0.407. The van der Waals surface area contributed by atoms with E-state index in [1.54, 1.807) is 42.7 Å². The lowest BCUT2D eigenvalue weighted by atomic mass is 10.2. The lowest BCUT2D eigenvalue weighted by molar-refractivity contribution is 0.108. The molecule has 15 heavy (non-hydrogen) atoms. The molecule has 3 nitrogen and oxygen atoms in total. The van der Waals surface area contributed by atoms with E-state index in [1.807, 2.05) is 6.07 Å². The first-order valence-electron chi connectivity index (χ1n) is 4.25. The first-order chi connectivity index (χ1) is 7.30. The maximum absolute atomic E-state index is 10.4. The van der Waals surface area contributed by atoms with Crippen LogP contribution in [0.25, 0.3) is 0 Å². The van der Waals surface area contributed by atoms with E-state index in [0.717, 1.165) is 0 Å². The zero-order valence-electron chi connectivity index (χ0n) is 7.88. The van der Waals surface area contributed by atoms with Crippen molar-refractivity contribution in [2.45, 2.75) is 0 Å². The van der Waals surface area contributed by atoms with Crippen LogP contribution in [0, 0.1) is 0 Å². The van der Waals surface area contributed by atoms with Gasteiger partial charge in [-0.05, 0) is 17.7 Å². The van der Waals surface area contributed by atoms with Crippen LogP contribution in [-0.2, 0) is 0 Å². The molecule has 0 saturated heterocycles. The van der Waals surface area contributed by atoms with Gasteiger partial charge in [0.2, 0.25) is 0 Å². The second-order valence-electron chi connectivity index (χ2n) is 2.54. The SMILES string of the molecule is O=C(Cl)c1ccccc1.c1cncnc1. The Labute approximate surface area is 92.8 Å². The monoisotopic (exact) mass is 220 g/mol. The van der Waals surface area contributed by atoms with Crippen LogP contribution in [0.2, 0.25) is 0 Å². The molecule has 76 valence electrons. The van der Waals surface area contributed by atoms with E-state index in [2.05, 4.69) is 9.97 Å². The fraction of sp³-hybridized carbons (Fsp3) is 0. The second-order valence-corrected chi connectivity index (χ2v) is 2.89. The van der Waals surface area contributed by atoms with E-state index >= 15 is 0 Å². The summed E-state index contributed by atoms with van der Waals surface area (Å²) in [5.41, 5.74) is 0.541. The topological polar surface area (TPSA) is 42.9 Å². The largest absolute Gasteiger partial charge is 0.276 e. The minimum absolute atomic E-state index is 0.407. The predicted octanol–water partition coefficient (Wildman–Crippen LogP) is 2.54. The molecule has 1 heterocycles. The molecule has 0 bridgehead atoms. The van der Waals surface area contributed by atoms with Gasteiger partial charge in [-0.15, -0.1) is 0 Å². The van der Waals surface area contributed by atoms with Gasteiger partial charge >= 0.3 is 0 Å². The van der Waals surface area contributed by atoms with Gasteiger partial charge in [0.25, 0.3) is 5.24 Å². The van der Waals surface area contributed by atoms with Crippen molar-refractivity contribution in [3.8, 4) is 0 Å². The molecule has 0 unspecified atom stereocenters. The summed E-state index contributed by atoms with van der Waals surface area (Å²) in [4.78, 5) is 17.8. The molecule has 0 aliphatic heterocycles. The Morgan fingerprint density at radius 3 is 1.87 bits per heavy atom. The Kier molecular flexibility index (Phi) is 5.04. The maximum atomic E-state index is 10.4. The molecule has 1 aromatic carbocycles. The van der Waals surface area contributed by atoms with Crippen molar-refractivity contribution in [3.05, 3.63) is 60.7 Å². The number of aromatic nitrogens is 2. The summed E-state index contributed by atoms with van der Waals surface area (Å²) in [6.45, 7) is 0. The average Bonchev–Trinajstić information content (AvgIpc) is 2.33. The quantitative estimate of drug-likeness (QED) is 0.694. The molecule has 0 spiro atoms. The molecule has 0 fully saturated rings. The van der Waals surface area contributed by atoms with Crippen LogP contribution in [0.3, 0.4) is 0 Å². The summed E-state index contributed by atoms with van der Waals surface area (Å²) in [7, 11) is 0. The van der Waals surface area contributed by atoms with Crippen molar-refractivity contribution < 1.29 is 4.79 Å². The van der Waals surface area contributed by atoms with Gasteiger partial charge in [0.05, 0.1) is 0 Å². The van der Waals surface area contributed by atoms with Gasteiger partial charge in [0.15, 0.2) is 0 Å². The number of benzene rings is 1. The summed E-state index contributed by atoms with van der Waals surface area (Å²) in [6, 6.07) is 10.5. The molecule has 1 aromatic heterocycles. The maximum Gasteiger partial charge on any atom is 0.252 e. The molecule has 0 amide bonds. The van der Waals surface area contributed by atoms with Crippen LogP contribution in [0.15, 0.2) is 55.1 Å². The zero-order chi connectivity index (χ0) is 10.9. The van der Waals surface area contributed by atoms with Crippen molar-refractivity contribution in [1.29, 1.82) is 0 Å². The van der Waals surface area contributed by atoms with Gasteiger partial charge in [0.1, 0.15) is 6.33 Å². The van der Waals surface area contributed by atoms with Crippen LogP contribution >= 0.6 is 11.6 Å². The number of rotatable bonds is 1. The standard InChI is InChI=1S/C7H5ClO.C4H4N2/c8-7(9)6-4-2-1-3-5-6;1-2-5-4-6-3-1/h1-5H;1-4H. The van der Waals surface area contributed by atoms with E-state index in [4.69, 9.17) is 11.6 Å². The molecule has 4 heteroatoms. The molecular formula is C11H9ClN2O. The van der Waals surface area contributed by atoms with Crippen LogP contribution in [0.4, 0.5) is 0 Å². The Hall–Kier alpha value is -1.74. The average molecular weight is 221 g/mol. The molecule has 0 atom stereocenters. The lowest BCUT2D eigenvalue weighted by Gasteiger charge is -1.87. The minimum atomic E-state index is -0.407. The number of nitrogens with zero attached hydrogens (tertiary/aromatic N) is 2. The van der Waals surface area contributed by atoms with Crippen LogP contribution in [0.5, 0.6) is 0 Å². The molecule has 0 radical (unpaired) electrons. The Morgan fingerprint density at radius 1 is 1.00 bits per heavy atom. The first kappa shape index (κ1) is 11.3. The Balaban J connectivity index is 0.000000162. The van der Waals surface area contributed by atoms with E-state index in [9.17, 15) is 4.79 Å². The van der Waals surface area contributed by atoms with Gasteiger partial charge in [-0.1, -0.05) is 30.3 Å². The van der Waals surface area contributed by atoms with Crippen molar-refractivity contribution in [2.75, 3.05) is 0 Å². The van der Waals surface area contributed by atoms with Crippen LogP contribution in [-0.4, -0.2) is 15.2 Å². The molecule has 0 N–H and O–H groups in total. The summed E-state index contributed by atoms with van der Waals surface area (Å²) in [6.07, 6.45) is 4.88. The third kappa shape index (κ3) is 4.88. The number of carbonyl (C=O) groups excluding carboxylic acids is 1. The molecule has 2 rings (SSSR count). The molecule has 2 aromatic rings. The first-order valence-corrected chi connectivity index (χ1v) is 4.63. The Bertz CT molecular complexity index is 365. The van der Waals surface area contributed by atoms with Crippen LogP contribution in [0.1, 0.15) is 10.4 Å². The highest BCUT2D eigenvalue weighted by Gasteiger charge is 1.95. The Morgan fingerprint density at radius 2 is 1.60 bits per heavy atom. The highest BCUT2D eigenvalue weighted by Crippen LogP contribution is 2.01. The van der Waals surface area contributed by atoms with Crippen molar-refractivity contribution in [3.63, 3.8) is 0 Å². The highest BCUT2D eigenvalue weighted by atomic mass is 35.5. The molecular weight excluding hydrogens is 212 g/mol. The van der Waals surface area contributed by atoms with Crippen molar-refractivity contribution in [1.82, 2.24) is 9.97 Å². The smallest absolute Gasteiger partial charge is 0.252 e. The van der Waals surface area contributed by atoms with Gasteiger partial charge in [-0.2, -0.15) is 0 Å². The third-order valence-corrected chi connectivity index (χ3v) is 1.70. The van der Waals surface area contributed by atoms with Gasteiger partial charge in [-0.3, -0.25) is 4.79 Å². The third-order valence-electron chi connectivity index (χ3n) is 1.48. The van der Waals surface area contributed by atoms with Crippen LogP contribution < -0.4 is 0 Å². The van der Waals surface area contributed by atoms with E-state index in [0.29, 0.717) is 5.56 Å². The minimum Gasteiger partial charge on any atom is -0.276 e. The van der Waals surface area contributed by atoms with E-state index in [-0.39, 0.29) is 0 Å². The van der Waals surface area contributed by atoms with Gasteiger partial charge < -0.3 is 0 Å². The molecule has 0 saturated carbocycles. The number of hydrogen-bond acceptors (Lipinski definition) is 3. The van der Waals surface area contributed by atoms with Crippen molar-refractivity contribution in [2.24, 2.45) is 0 Å². The van der Waals surface area contributed by atoms with Gasteiger partial charge in [0, 0.05) is 18.0 Å². The second kappa shape index (κ2) is 6.68. The predicted molar refractivity (Wildman–Crippen MR) is 58.7 cm³/mol. The summed E-state index contributed by atoms with van der Waals surface area (Å²) in [5.74, 6) is 0. The molecule has 0 aliphatic carbocycles. The fourth-order valence-electron chi connectivity index (χ4n) is 0.823. The summed E-state index contributed by atoms with van der Waals surface area (Å²) >= 11 is 5.16. The fourth-order valence-corrected chi connectivity index (χ4v) is 0.949.